The molecule has 24 heavy (non-hydrogen) atoms. The highest BCUT2D eigenvalue weighted by molar-refractivity contribution is 7.90. The number of nitrogens with one attached hydrogen (secondary N) is 2. The van der Waals surface area contributed by atoms with Crippen molar-refractivity contribution in [1.29, 1.82) is 0 Å². The number of rotatable bonds is 6. The Morgan fingerprint density at radius 2 is 1.88 bits per heavy atom. The van der Waals surface area contributed by atoms with Crippen LogP contribution in [0, 0.1) is 6.92 Å². The number of carbonyl (C=O) groups is 2. The number of amides is 2. The Hall–Kier alpha value is -2.74. The van der Waals surface area contributed by atoms with Gasteiger partial charge in [0.2, 0.25) is 5.91 Å². The van der Waals surface area contributed by atoms with Crippen LogP contribution in [-0.4, -0.2) is 31.8 Å². The molecule has 7 nitrogen and oxygen atoms in total. The van der Waals surface area contributed by atoms with E-state index in [1.54, 1.807) is 12.1 Å². The van der Waals surface area contributed by atoms with Gasteiger partial charge >= 0.3 is 0 Å². The number of nitrogens with zero attached hydrogens (tertiary/aromatic N) is 1. The van der Waals surface area contributed by atoms with E-state index in [0.29, 0.717) is 5.56 Å². The largest absolute Gasteiger partial charge is 0.352 e. The molecule has 1 aromatic heterocycles. The number of hydrogen-bond acceptors (Lipinski definition) is 5. The van der Waals surface area contributed by atoms with E-state index in [-0.39, 0.29) is 23.8 Å². The second-order valence-electron chi connectivity index (χ2n) is 5.04. The lowest BCUT2D eigenvalue weighted by atomic mass is 10.1. The van der Waals surface area contributed by atoms with E-state index in [1.807, 2.05) is 23.8 Å². The van der Waals surface area contributed by atoms with Crippen molar-refractivity contribution < 1.29 is 18.0 Å². The Labute approximate surface area is 140 Å². The molecule has 0 atom stereocenters. The third-order valence-electron chi connectivity index (χ3n) is 3.22. The number of carbonyl (C=O) groups excluding carboxylic acids is 2. The third kappa shape index (κ3) is 4.63. The van der Waals surface area contributed by atoms with Gasteiger partial charge in [0, 0.05) is 30.9 Å². The van der Waals surface area contributed by atoms with Crippen molar-refractivity contribution in [3.8, 4) is 0 Å². The summed E-state index contributed by atoms with van der Waals surface area (Å²) in [6.45, 7) is 1.84. The van der Waals surface area contributed by atoms with Gasteiger partial charge in [0.15, 0.2) is 0 Å². The molecular weight excluding hydrogens is 330 g/mol. The first-order valence-corrected chi connectivity index (χ1v) is 8.68. The molecule has 2 rings (SSSR count). The van der Waals surface area contributed by atoms with E-state index in [9.17, 15) is 18.0 Å². The zero-order chi connectivity index (χ0) is 17.6. The van der Waals surface area contributed by atoms with Crippen LogP contribution in [0.5, 0.6) is 0 Å². The molecule has 8 heteroatoms. The Kier molecular flexibility index (Phi) is 5.64. The first-order valence-electron chi connectivity index (χ1n) is 7.19. The van der Waals surface area contributed by atoms with E-state index in [4.69, 9.17) is 0 Å². The van der Waals surface area contributed by atoms with E-state index in [1.165, 1.54) is 18.3 Å². The van der Waals surface area contributed by atoms with Crippen molar-refractivity contribution in [1.82, 2.24) is 15.0 Å². The summed E-state index contributed by atoms with van der Waals surface area (Å²) < 4.78 is 25.8. The molecular formula is C16H17N3O4S. The number of sulfonamides is 1. The van der Waals surface area contributed by atoms with E-state index < -0.39 is 15.9 Å². The van der Waals surface area contributed by atoms with Gasteiger partial charge in [0.1, 0.15) is 4.90 Å². The maximum Gasteiger partial charge on any atom is 0.265 e. The molecule has 126 valence electrons. The molecule has 1 aromatic carbocycles. The molecule has 0 aliphatic heterocycles. The Bertz CT molecular complexity index is 835. The Morgan fingerprint density at radius 1 is 1.12 bits per heavy atom. The lowest BCUT2D eigenvalue weighted by molar-refractivity contribution is -0.119. The topological polar surface area (TPSA) is 105 Å². The average Bonchev–Trinajstić information content (AvgIpc) is 2.55. The minimum absolute atomic E-state index is 0.0293. The van der Waals surface area contributed by atoms with Gasteiger partial charge < -0.3 is 5.32 Å². The van der Waals surface area contributed by atoms with Crippen molar-refractivity contribution in [2.75, 3.05) is 6.54 Å². The number of aryl methyl sites for hydroxylation is 1. The van der Waals surface area contributed by atoms with Gasteiger partial charge in [0.25, 0.3) is 15.9 Å². The zero-order valence-corrected chi connectivity index (χ0v) is 13.8. The zero-order valence-electron chi connectivity index (χ0n) is 13.0. The van der Waals surface area contributed by atoms with Gasteiger partial charge in [0.05, 0.1) is 0 Å². The normalized spacial score (nSPS) is 10.9. The highest BCUT2D eigenvalue weighted by atomic mass is 32.2. The molecule has 2 N–H and O–H groups in total. The van der Waals surface area contributed by atoms with Crippen molar-refractivity contribution in [2.45, 2.75) is 18.2 Å². The molecule has 0 spiro atoms. The Balaban J connectivity index is 1.86. The lowest BCUT2D eigenvalue weighted by Gasteiger charge is -2.08. The monoisotopic (exact) mass is 347 g/mol. The van der Waals surface area contributed by atoms with E-state index in [2.05, 4.69) is 10.3 Å². The second-order valence-corrected chi connectivity index (χ2v) is 6.72. The minimum Gasteiger partial charge on any atom is -0.352 e. The van der Waals surface area contributed by atoms with Crippen LogP contribution in [0.15, 0.2) is 53.7 Å². The molecule has 0 saturated carbocycles. The highest BCUT2D eigenvalue weighted by Gasteiger charge is 2.17. The number of benzene rings is 1. The second kappa shape index (κ2) is 7.69. The van der Waals surface area contributed by atoms with Crippen LogP contribution in [0.4, 0.5) is 0 Å². The summed E-state index contributed by atoms with van der Waals surface area (Å²) >= 11 is 0. The van der Waals surface area contributed by atoms with Crippen molar-refractivity contribution in [3.05, 3.63) is 59.9 Å². The molecule has 1 heterocycles. The summed E-state index contributed by atoms with van der Waals surface area (Å²) in [7, 11) is -3.94. The number of hydrogen-bond donors (Lipinski definition) is 2. The van der Waals surface area contributed by atoms with Crippen LogP contribution >= 0.6 is 0 Å². The summed E-state index contributed by atoms with van der Waals surface area (Å²) in [4.78, 5) is 27.3. The number of aromatic nitrogens is 1. The summed E-state index contributed by atoms with van der Waals surface area (Å²) in [6.07, 6.45) is 2.43. The molecule has 2 amide bonds. The predicted molar refractivity (Wildman–Crippen MR) is 87.7 cm³/mol. The average molecular weight is 347 g/mol. The first-order chi connectivity index (χ1) is 11.4. The molecule has 0 unspecified atom stereocenters. The van der Waals surface area contributed by atoms with Crippen LogP contribution in [0.25, 0.3) is 0 Å². The standard InChI is InChI=1S/C16H17N3O4S/c1-12-5-2-3-7-14(12)16(21)18-10-8-15(20)19-24(22,23)13-6-4-9-17-11-13/h2-7,9,11H,8,10H2,1H3,(H,18,21)(H,19,20). The fraction of sp³-hybridized carbons (Fsp3) is 0.188. The van der Waals surface area contributed by atoms with E-state index >= 15 is 0 Å². The quantitative estimate of drug-likeness (QED) is 0.811. The fourth-order valence-electron chi connectivity index (χ4n) is 1.98. The predicted octanol–water partition coefficient (Wildman–Crippen LogP) is 1.02. The fourth-order valence-corrected chi connectivity index (χ4v) is 2.96. The first kappa shape index (κ1) is 17.6. The Morgan fingerprint density at radius 3 is 2.54 bits per heavy atom. The van der Waals surface area contributed by atoms with Crippen molar-refractivity contribution >= 4 is 21.8 Å². The highest BCUT2D eigenvalue weighted by Crippen LogP contribution is 2.07. The summed E-state index contributed by atoms with van der Waals surface area (Å²) in [5.74, 6) is -1.01. The van der Waals surface area contributed by atoms with Gasteiger partial charge in [-0.05, 0) is 30.7 Å². The maximum absolute atomic E-state index is 12.0. The van der Waals surface area contributed by atoms with Crippen LogP contribution in [0.2, 0.25) is 0 Å². The van der Waals surface area contributed by atoms with Crippen LogP contribution < -0.4 is 10.0 Å². The van der Waals surface area contributed by atoms with Crippen molar-refractivity contribution in [3.63, 3.8) is 0 Å². The van der Waals surface area contributed by atoms with Crippen molar-refractivity contribution in [2.24, 2.45) is 0 Å². The third-order valence-corrected chi connectivity index (χ3v) is 4.58. The van der Waals surface area contributed by atoms with E-state index in [0.717, 1.165) is 11.8 Å². The molecule has 0 radical (unpaired) electrons. The summed E-state index contributed by atoms with van der Waals surface area (Å²) in [6, 6.07) is 9.85. The lowest BCUT2D eigenvalue weighted by Crippen LogP contribution is -2.34. The SMILES string of the molecule is Cc1ccccc1C(=O)NCCC(=O)NS(=O)(=O)c1cccnc1. The van der Waals surface area contributed by atoms with Crippen LogP contribution in [0.3, 0.4) is 0 Å². The van der Waals surface area contributed by atoms with Crippen LogP contribution in [0.1, 0.15) is 22.3 Å². The van der Waals surface area contributed by atoms with Gasteiger partial charge in [-0.2, -0.15) is 0 Å². The van der Waals surface area contributed by atoms with Gasteiger partial charge in [-0.1, -0.05) is 18.2 Å². The van der Waals surface area contributed by atoms with Crippen LogP contribution in [-0.2, 0) is 14.8 Å². The summed E-state index contributed by atoms with van der Waals surface area (Å²) in [5, 5.41) is 2.59. The maximum atomic E-state index is 12.0. The molecule has 2 aromatic rings. The molecule has 0 bridgehead atoms. The summed E-state index contributed by atoms with van der Waals surface area (Å²) in [5.41, 5.74) is 1.33. The van der Waals surface area contributed by atoms with Gasteiger partial charge in [-0.3, -0.25) is 14.6 Å². The molecule has 0 aliphatic carbocycles. The minimum atomic E-state index is -3.94. The molecule has 0 aliphatic rings. The molecule has 0 fully saturated rings. The smallest absolute Gasteiger partial charge is 0.265 e. The number of pyridine rings is 1. The molecule has 0 saturated heterocycles. The van der Waals surface area contributed by atoms with Gasteiger partial charge in [-0.25, -0.2) is 13.1 Å². The van der Waals surface area contributed by atoms with Gasteiger partial charge in [-0.15, -0.1) is 0 Å².